The van der Waals surface area contributed by atoms with E-state index in [1.165, 1.54) is 17.1 Å². The molecular formula is C26H20Cl2N8O. The molecule has 0 aliphatic carbocycles. The number of aromatic amines is 1. The summed E-state index contributed by atoms with van der Waals surface area (Å²) >= 11 is 12.7. The Hall–Kier alpha value is -4.34. The van der Waals surface area contributed by atoms with Gasteiger partial charge in [0.2, 0.25) is 5.91 Å². The van der Waals surface area contributed by atoms with E-state index in [2.05, 4.69) is 30.8 Å². The smallest absolute Gasteiger partial charge is 0.244 e. The van der Waals surface area contributed by atoms with Crippen molar-refractivity contribution in [1.29, 1.82) is 0 Å². The van der Waals surface area contributed by atoms with Crippen LogP contribution in [-0.2, 0) is 11.2 Å². The van der Waals surface area contributed by atoms with E-state index >= 15 is 0 Å². The molecule has 11 heteroatoms. The average molecular weight is 531 g/mol. The highest BCUT2D eigenvalue weighted by Gasteiger charge is 2.21. The number of imidazole rings is 1. The number of benzene rings is 2. The second kappa shape index (κ2) is 11.2. The topological polar surface area (TPSA) is 114 Å². The highest BCUT2D eigenvalue weighted by Crippen LogP contribution is 2.28. The standard InChI is InChI=1S/C26H20Cl2N8O/c27-20-9-10-22(36-16-30-34-35-36)18(14-20)8-11-23(37)31-21(13-17-5-2-1-3-6-17)26-32-24(25(28)33-26)19-7-4-12-29-15-19/h1-12,14-16,21H,13H2,(H,31,37)(H,32,33)/b11-8+/t21-/m0/s1. The Balaban J connectivity index is 1.42. The molecule has 0 bridgehead atoms. The van der Waals surface area contributed by atoms with Gasteiger partial charge in [0.05, 0.1) is 11.7 Å². The fraction of sp³-hybridized carbons (Fsp3) is 0.0769. The molecular weight excluding hydrogens is 511 g/mol. The van der Waals surface area contributed by atoms with Gasteiger partial charge in [0.15, 0.2) is 0 Å². The maximum absolute atomic E-state index is 13.1. The van der Waals surface area contributed by atoms with Crippen molar-refractivity contribution in [3.8, 4) is 16.9 Å². The summed E-state index contributed by atoms with van der Waals surface area (Å²) in [5.74, 6) is 0.214. The highest BCUT2D eigenvalue weighted by molar-refractivity contribution is 6.32. The molecule has 37 heavy (non-hydrogen) atoms. The normalized spacial score (nSPS) is 12.1. The fourth-order valence-corrected chi connectivity index (χ4v) is 4.25. The number of hydrogen-bond donors (Lipinski definition) is 2. The molecule has 1 atom stereocenters. The average Bonchev–Trinajstić information content (AvgIpc) is 3.58. The van der Waals surface area contributed by atoms with E-state index in [9.17, 15) is 4.79 Å². The molecule has 0 radical (unpaired) electrons. The Labute approximate surface area is 222 Å². The monoisotopic (exact) mass is 530 g/mol. The minimum Gasteiger partial charge on any atom is -0.342 e. The van der Waals surface area contributed by atoms with Gasteiger partial charge in [-0.05, 0) is 58.8 Å². The molecule has 184 valence electrons. The summed E-state index contributed by atoms with van der Waals surface area (Å²) in [7, 11) is 0. The first-order chi connectivity index (χ1) is 18.1. The van der Waals surface area contributed by atoms with Gasteiger partial charge in [0.1, 0.15) is 23.0 Å². The van der Waals surface area contributed by atoms with E-state index in [1.54, 1.807) is 36.7 Å². The van der Waals surface area contributed by atoms with Crippen LogP contribution >= 0.6 is 23.2 Å². The third-order valence-electron chi connectivity index (χ3n) is 5.54. The van der Waals surface area contributed by atoms with Gasteiger partial charge in [-0.15, -0.1) is 5.10 Å². The Kier molecular flexibility index (Phi) is 7.34. The van der Waals surface area contributed by atoms with Crippen molar-refractivity contribution in [3.05, 3.63) is 113 Å². The van der Waals surface area contributed by atoms with Crippen LogP contribution in [0.1, 0.15) is 23.0 Å². The second-order valence-corrected chi connectivity index (χ2v) is 8.88. The number of carbonyl (C=O) groups is 1. The Bertz CT molecular complexity index is 1520. The number of halogens is 2. The summed E-state index contributed by atoms with van der Waals surface area (Å²) in [5, 5.41) is 15.2. The summed E-state index contributed by atoms with van der Waals surface area (Å²) in [6.07, 6.45) is 8.44. The van der Waals surface area contributed by atoms with Crippen molar-refractivity contribution in [3.63, 3.8) is 0 Å². The zero-order valence-corrected chi connectivity index (χ0v) is 20.8. The zero-order valence-electron chi connectivity index (χ0n) is 19.3. The Morgan fingerprint density at radius 1 is 1.11 bits per heavy atom. The molecule has 0 spiro atoms. The van der Waals surface area contributed by atoms with Gasteiger partial charge in [-0.1, -0.05) is 53.5 Å². The molecule has 0 saturated carbocycles. The zero-order chi connectivity index (χ0) is 25.6. The van der Waals surface area contributed by atoms with Gasteiger partial charge in [-0.25, -0.2) is 4.98 Å². The summed E-state index contributed by atoms with van der Waals surface area (Å²) in [6.45, 7) is 0. The van der Waals surface area contributed by atoms with E-state index in [0.717, 1.165) is 11.1 Å². The minimum atomic E-state index is -0.471. The van der Waals surface area contributed by atoms with E-state index in [0.29, 0.717) is 39.4 Å². The number of pyridine rings is 1. The van der Waals surface area contributed by atoms with Crippen LogP contribution in [0, 0.1) is 0 Å². The highest BCUT2D eigenvalue weighted by atomic mass is 35.5. The van der Waals surface area contributed by atoms with Crippen molar-refractivity contribution >= 4 is 35.2 Å². The first-order valence-electron chi connectivity index (χ1n) is 11.3. The number of amides is 1. The Morgan fingerprint density at radius 3 is 2.73 bits per heavy atom. The lowest BCUT2D eigenvalue weighted by Crippen LogP contribution is -2.29. The number of nitrogens with one attached hydrogen (secondary N) is 2. The van der Waals surface area contributed by atoms with Gasteiger partial charge in [0.25, 0.3) is 0 Å². The van der Waals surface area contributed by atoms with Crippen LogP contribution < -0.4 is 5.32 Å². The fourth-order valence-electron chi connectivity index (χ4n) is 3.82. The molecule has 5 aromatic rings. The molecule has 1 amide bonds. The number of rotatable bonds is 8. The number of carbonyl (C=O) groups excluding carboxylic acids is 1. The summed E-state index contributed by atoms with van der Waals surface area (Å²) in [4.78, 5) is 25.0. The van der Waals surface area contributed by atoms with Crippen LogP contribution in [0.4, 0.5) is 0 Å². The lowest BCUT2D eigenvalue weighted by molar-refractivity contribution is -0.117. The first-order valence-corrected chi connectivity index (χ1v) is 12.0. The lowest BCUT2D eigenvalue weighted by atomic mass is 10.1. The second-order valence-electron chi connectivity index (χ2n) is 8.07. The quantitative estimate of drug-likeness (QED) is 0.276. The molecule has 2 N–H and O–H groups in total. The summed E-state index contributed by atoms with van der Waals surface area (Å²) < 4.78 is 1.50. The SMILES string of the molecule is O=C(/C=C/c1cc(Cl)ccc1-n1cnnn1)N[C@@H](Cc1ccccc1)c1nc(-c2cccnc2)c(Cl)[nH]1. The van der Waals surface area contributed by atoms with Gasteiger partial charge < -0.3 is 10.3 Å². The maximum atomic E-state index is 13.1. The number of aromatic nitrogens is 7. The molecule has 9 nitrogen and oxygen atoms in total. The molecule has 3 aromatic heterocycles. The van der Waals surface area contributed by atoms with Crippen molar-refractivity contribution in [2.24, 2.45) is 0 Å². The molecule has 0 saturated heterocycles. The van der Waals surface area contributed by atoms with Crippen LogP contribution in [-0.4, -0.2) is 41.1 Å². The van der Waals surface area contributed by atoms with Crippen LogP contribution in [0.25, 0.3) is 23.0 Å². The van der Waals surface area contributed by atoms with E-state index < -0.39 is 6.04 Å². The predicted octanol–water partition coefficient (Wildman–Crippen LogP) is 4.87. The molecule has 5 rings (SSSR count). The maximum Gasteiger partial charge on any atom is 0.244 e. The Morgan fingerprint density at radius 2 is 1.97 bits per heavy atom. The van der Waals surface area contributed by atoms with Gasteiger partial charge in [-0.2, -0.15) is 4.68 Å². The van der Waals surface area contributed by atoms with Crippen LogP contribution in [0.3, 0.4) is 0 Å². The van der Waals surface area contributed by atoms with Gasteiger partial charge in [0, 0.05) is 34.6 Å². The number of H-pyrrole nitrogens is 1. The molecule has 0 unspecified atom stereocenters. The van der Waals surface area contributed by atoms with Crippen molar-refractivity contribution < 1.29 is 4.79 Å². The summed E-state index contributed by atoms with van der Waals surface area (Å²) in [5.41, 5.74) is 3.73. The number of nitrogens with zero attached hydrogens (tertiary/aromatic N) is 6. The predicted molar refractivity (Wildman–Crippen MR) is 141 cm³/mol. The molecule has 0 aliphatic heterocycles. The number of tetrazole rings is 1. The van der Waals surface area contributed by atoms with Crippen LogP contribution in [0.15, 0.2) is 85.5 Å². The largest absolute Gasteiger partial charge is 0.342 e. The van der Waals surface area contributed by atoms with Crippen LogP contribution in [0.2, 0.25) is 10.2 Å². The van der Waals surface area contributed by atoms with Crippen molar-refractivity contribution in [1.82, 2.24) is 40.5 Å². The van der Waals surface area contributed by atoms with E-state index in [1.807, 2.05) is 42.5 Å². The first kappa shape index (κ1) is 24.4. The third kappa shape index (κ3) is 5.91. The molecule has 0 aliphatic rings. The number of hydrogen-bond acceptors (Lipinski definition) is 6. The summed E-state index contributed by atoms with van der Waals surface area (Å²) in [6, 6.07) is 18.3. The van der Waals surface area contributed by atoms with Crippen molar-refractivity contribution in [2.45, 2.75) is 12.5 Å². The van der Waals surface area contributed by atoms with E-state index in [4.69, 9.17) is 28.2 Å². The van der Waals surface area contributed by atoms with Crippen LogP contribution in [0.5, 0.6) is 0 Å². The molecule has 0 fully saturated rings. The minimum absolute atomic E-state index is 0.320. The third-order valence-corrected chi connectivity index (χ3v) is 6.05. The van der Waals surface area contributed by atoms with Gasteiger partial charge >= 0.3 is 0 Å². The molecule has 3 heterocycles. The van der Waals surface area contributed by atoms with Crippen molar-refractivity contribution in [2.75, 3.05) is 0 Å². The molecule has 2 aromatic carbocycles. The van der Waals surface area contributed by atoms with E-state index in [-0.39, 0.29) is 5.91 Å². The van der Waals surface area contributed by atoms with Gasteiger partial charge in [-0.3, -0.25) is 9.78 Å². The lowest BCUT2D eigenvalue weighted by Gasteiger charge is -2.16.